The molecule has 0 unspecified atom stereocenters. The molecular weight excluding hydrogens is 509 g/mol. The minimum absolute atomic E-state index is 0. The molecule has 6 nitrogen and oxygen atoms in total. The van der Waals surface area contributed by atoms with Gasteiger partial charge in [-0.15, -0.1) is 0 Å². The van der Waals surface area contributed by atoms with Crippen LogP contribution in [-0.4, -0.2) is 34.5 Å². The summed E-state index contributed by atoms with van der Waals surface area (Å²) in [5.41, 5.74) is -0.234. The molecule has 4 rings (SSSR count). The van der Waals surface area contributed by atoms with E-state index in [-0.39, 0.29) is 50.6 Å². The van der Waals surface area contributed by atoms with E-state index in [0.717, 1.165) is 31.9 Å². The topological polar surface area (TPSA) is 67.7 Å². The third-order valence-electron chi connectivity index (χ3n) is 5.62. The largest absolute Gasteiger partial charge is 0.497 e. The average molecular weight is 535 g/mol. The zero-order valence-electron chi connectivity index (χ0n) is 18.2. The first-order valence-corrected chi connectivity index (χ1v) is 10.6. The SMILES string of the molecule is COc1ccc(C(=O)NC2CCC(Nc3c(Cl)ccc4nc(C(F)(F)F)cn34)CC2)cc1.S.S. The fourth-order valence-electron chi connectivity index (χ4n) is 3.89. The molecule has 12 heteroatoms. The number of anilines is 1. The van der Waals surface area contributed by atoms with Crippen LogP contribution in [0.5, 0.6) is 5.75 Å². The lowest BCUT2D eigenvalue weighted by molar-refractivity contribution is -0.140. The van der Waals surface area contributed by atoms with Crippen LogP contribution in [0.3, 0.4) is 0 Å². The number of nitrogens with zero attached hydrogens (tertiary/aromatic N) is 2. The van der Waals surface area contributed by atoms with E-state index in [1.807, 2.05) is 0 Å². The summed E-state index contributed by atoms with van der Waals surface area (Å²) in [6, 6.07) is 9.93. The molecule has 2 N–H and O–H groups in total. The van der Waals surface area contributed by atoms with E-state index in [4.69, 9.17) is 16.3 Å². The number of pyridine rings is 1. The van der Waals surface area contributed by atoms with Crippen molar-refractivity contribution in [1.82, 2.24) is 14.7 Å². The maximum Gasteiger partial charge on any atom is 0.434 e. The second kappa shape index (κ2) is 11.5. The number of methoxy groups -OCH3 is 1. The molecule has 186 valence electrons. The van der Waals surface area contributed by atoms with Gasteiger partial charge in [0.1, 0.15) is 17.2 Å². The number of amides is 1. The Morgan fingerprint density at radius 1 is 1.06 bits per heavy atom. The van der Waals surface area contributed by atoms with Crippen molar-refractivity contribution in [3.8, 4) is 5.75 Å². The fraction of sp³-hybridized carbons (Fsp3) is 0.364. The van der Waals surface area contributed by atoms with Crippen LogP contribution in [0, 0.1) is 0 Å². The second-order valence-electron chi connectivity index (χ2n) is 7.78. The number of nitrogens with one attached hydrogen (secondary N) is 2. The third kappa shape index (κ3) is 6.25. The van der Waals surface area contributed by atoms with Gasteiger partial charge in [-0.2, -0.15) is 40.2 Å². The van der Waals surface area contributed by atoms with Gasteiger partial charge in [-0.25, -0.2) is 4.98 Å². The maximum atomic E-state index is 13.1. The summed E-state index contributed by atoms with van der Waals surface area (Å²) < 4.78 is 45.6. The van der Waals surface area contributed by atoms with Crippen molar-refractivity contribution < 1.29 is 22.7 Å². The first-order valence-electron chi connectivity index (χ1n) is 10.2. The molecule has 1 aliphatic carbocycles. The minimum atomic E-state index is -4.53. The highest BCUT2D eigenvalue weighted by atomic mass is 35.5. The Bertz CT molecular complexity index is 1120. The van der Waals surface area contributed by atoms with E-state index in [0.29, 0.717) is 22.2 Å². The molecule has 1 saturated carbocycles. The van der Waals surface area contributed by atoms with E-state index in [2.05, 4.69) is 15.6 Å². The number of hydrogen-bond acceptors (Lipinski definition) is 4. The summed E-state index contributed by atoms with van der Waals surface area (Å²) in [6.45, 7) is 0. The Balaban J connectivity index is 0.00000204. The van der Waals surface area contributed by atoms with E-state index >= 15 is 0 Å². The van der Waals surface area contributed by atoms with Gasteiger partial charge < -0.3 is 15.4 Å². The van der Waals surface area contributed by atoms with Crippen LogP contribution in [0.15, 0.2) is 42.6 Å². The summed E-state index contributed by atoms with van der Waals surface area (Å²) in [4.78, 5) is 16.1. The molecule has 1 aliphatic rings. The van der Waals surface area contributed by atoms with Gasteiger partial charge in [0.15, 0.2) is 5.69 Å². The lowest BCUT2D eigenvalue weighted by atomic mass is 9.91. The summed E-state index contributed by atoms with van der Waals surface area (Å²) in [7, 11) is 1.57. The number of hydrogen-bond donors (Lipinski definition) is 2. The van der Waals surface area contributed by atoms with Crippen molar-refractivity contribution in [1.29, 1.82) is 0 Å². The van der Waals surface area contributed by atoms with Crippen molar-refractivity contribution in [3.05, 3.63) is 58.9 Å². The van der Waals surface area contributed by atoms with E-state index in [1.54, 1.807) is 31.4 Å². The highest BCUT2D eigenvalue weighted by Crippen LogP contribution is 2.32. The number of carbonyl (C=O) groups excluding carboxylic acids is 1. The molecule has 2 heterocycles. The normalized spacial score (nSPS) is 17.9. The average Bonchev–Trinajstić information content (AvgIpc) is 3.22. The predicted molar refractivity (Wildman–Crippen MR) is 136 cm³/mol. The summed E-state index contributed by atoms with van der Waals surface area (Å²) in [6.07, 6.45) is -0.627. The Hall–Kier alpha value is -2.24. The number of ether oxygens (including phenoxy) is 1. The highest BCUT2D eigenvalue weighted by Gasteiger charge is 2.34. The molecule has 0 bridgehead atoms. The molecule has 0 atom stereocenters. The molecule has 3 aromatic rings. The van der Waals surface area contributed by atoms with Gasteiger partial charge in [-0.3, -0.25) is 9.20 Å². The van der Waals surface area contributed by atoms with Crippen LogP contribution in [0.2, 0.25) is 5.02 Å². The Kier molecular flexibility index (Phi) is 9.44. The predicted octanol–water partition coefficient (Wildman–Crippen LogP) is 5.39. The minimum Gasteiger partial charge on any atom is -0.497 e. The number of alkyl halides is 3. The monoisotopic (exact) mass is 534 g/mol. The smallest absolute Gasteiger partial charge is 0.434 e. The second-order valence-corrected chi connectivity index (χ2v) is 8.18. The van der Waals surface area contributed by atoms with Crippen molar-refractivity contribution in [2.45, 2.75) is 43.9 Å². The molecule has 2 aromatic heterocycles. The number of benzene rings is 1. The van der Waals surface area contributed by atoms with Crippen LogP contribution < -0.4 is 15.4 Å². The molecule has 0 radical (unpaired) electrons. The number of fused-ring (bicyclic) bond motifs is 1. The van der Waals surface area contributed by atoms with Crippen molar-refractivity contribution in [3.63, 3.8) is 0 Å². The number of halogens is 4. The number of rotatable bonds is 5. The lowest BCUT2D eigenvalue weighted by Gasteiger charge is -2.30. The van der Waals surface area contributed by atoms with Crippen LogP contribution in [0.1, 0.15) is 41.7 Å². The van der Waals surface area contributed by atoms with Gasteiger partial charge in [-0.05, 0) is 62.1 Å². The fourth-order valence-corrected chi connectivity index (χ4v) is 4.10. The summed E-state index contributed by atoms with van der Waals surface area (Å²) in [5, 5.41) is 6.63. The number of aromatic nitrogens is 2. The summed E-state index contributed by atoms with van der Waals surface area (Å²) >= 11 is 6.27. The van der Waals surface area contributed by atoms with Gasteiger partial charge in [0.25, 0.3) is 5.91 Å². The van der Waals surface area contributed by atoms with Gasteiger partial charge in [0.2, 0.25) is 0 Å². The van der Waals surface area contributed by atoms with E-state index in [9.17, 15) is 18.0 Å². The van der Waals surface area contributed by atoms with Crippen molar-refractivity contribution in [2.24, 2.45) is 0 Å². The molecule has 1 aromatic carbocycles. The first-order chi connectivity index (χ1) is 15.2. The zero-order valence-corrected chi connectivity index (χ0v) is 21.0. The molecule has 0 spiro atoms. The van der Waals surface area contributed by atoms with Crippen molar-refractivity contribution >= 4 is 56.0 Å². The molecule has 0 saturated heterocycles. The Morgan fingerprint density at radius 3 is 2.26 bits per heavy atom. The van der Waals surface area contributed by atoms with Crippen LogP contribution in [0.4, 0.5) is 19.0 Å². The molecule has 0 aliphatic heterocycles. The molecule has 1 fully saturated rings. The molecular formula is C22H26ClF3N4O2S2. The van der Waals surface area contributed by atoms with Gasteiger partial charge in [0.05, 0.1) is 12.1 Å². The summed E-state index contributed by atoms with van der Waals surface area (Å²) in [5.74, 6) is 0.926. The maximum absolute atomic E-state index is 13.1. The Labute approximate surface area is 214 Å². The number of imidazole rings is 1. The van der Waals surface area contributed by atoms with Gasteiger partial charge in [0, 0.05) is 23.8 Å². The number of carbonyl (C=O) groups is 1. The van der Waals surface area contributed by atoms with Crippen LogP contribution >= 0.6 is 38.6 Å². The quantitative estimate of drug-likeness (QED) is 0.460. The van der Waals surface area contributed by atoms with Gasteiger partial charge in [-0.1, -0.05) is 11.6 Å². The first kappa shape index (κ1) is 28.0. The van der Waals surface area contributed by atoms with Crippen LogP contribution in [0.25, 0.3) is 5.65 Å². The Morgan fingerprint density at radius 2 is 1.68 bits per heavy atom. The lowest BCUT2D eigenvalue weighted by Crippen LogP contribution is -2.40. The highest BCUT2D eigenvalue weighted by molar-refractivity contribution is 7.59. The van der Waals surface area contributed by atoms with Gasteiger partial charge >= 0.3 is 6.18 Å². The standard InChI is InChI=1S/C22H22ClF3N4O2.2H2S/c1-32-16-8-2-13(3-9-16)21(31)28-15-6-4-14(5-7-15)27-20-17(23)10-11-19-29-18(12-30(19)20)22(24,25)26;;/h2-3,8-12,14-15,27H,4-7H2,1H3,(H,28,31);2*1H2. The molecule has 1 amide bonds. The van der Waals surface area contributed by atoms with E-state index in [1.165, 1.54) is 16.5 Å². The zero-order chi connectivity index (χ0) is 22.9. The van der Waals surface area contributed by atoms with Crippen molar-refractivity contribution in [2.75, 3.05) is 12.4 Å². The molecule has 34 heavy (non-hydrogen) atoms. The third-order valence-corrected chi connectivity index (χ3v) is 5.93. The van der Waals surface area contributed by atoms with E-state index < -0.39 is 11.9 Å². The van der Waals surface area contributed by atoms with Crippen LogP contribution in [-0.2, 0) is 6.18 Å².